The molecule has 0 fully saturated rings. The lowest BCUT2D eigenvalue weighted by Crippen LogP contribution is -2.34. The van der Waals surface area contributed by atoms with Gasteiger partial charge in [0.15, 0.2) is 5.13 Å². The number of carbonyl (C=O) groups excluding carboxylic acids is 1. The van der Waals surface area contributed by atoms with Gasteiger partial charge in [-0.3, -0.25) is 4.79 Å². The zero-order chi connectivity index (χ0) is 19.8. The van der Waals surface area contributed by atoms with Gasteiger partial charge >= 0.3 is 0 Å². The molecule has 146 valence electrons. The summed E-state index contributed by atoms with van der Waals surface area (Å²) < 4.78 is 0. The van der Waals surface area contributed by atoms with E-state index >= 15 is 0 Å². The minimum atomic E-state index is -0.0593. The Balaban J connectivity index is 1.61. The number of hydrogen-bond acceptors (Lipinski definition) is 5. The molecule has 0 unspecified atom stereocenters. The first-order valence-corrected chi connectivity index (χ1v) is 10.3. The number of aromatic nitrogens is 1. The Bertz CT molecular complexity index is 878. The summed E-state index contributed by atoms with van der Waals surface area (Å²) in [6.07, 6.45) is 1.23. The van der Waals surface area contributed by atoms with E-state index in [0.717, 1.165) is 28.5 Å². The van der Waals surface area contributed by atoms with Crippen molar-refractivity contribution >= 4 is 28.1 Å². The Morgan fingerprint density at radius 3 is 2.54 bits per heavy atom. The van der Waals surface area contributed by atoms with Gasteiger partial charge in [-0.05, 0) is 29.7 Å². The van der Waals surface area contributed by atoms with E-state index in [1.165, 1.54) is 16.9 Å². The molecule has 0 aliphatic heterocycles. The Labute approximate surface area is 169 Å². The van der Waals surface area contributed by atoms with Crippen molar-refractivity contribution in [3.8, 4) is 0 Å². The predicted molar refractivity (Wildman–Crippen MR) is 114 cm³/mol. The number of benzene rings is 2. The molecule has 3 aromatic rings. The number of thiazole rings is 1. The van der Waals surface area contributed by atoms with Crippen LogP contribution in [0, 0.1) is 0 Å². The van der Waals surface area contributed by atoms with Crippen molar-refractivity contribution in [3.05, 3.63) is 76.8 Å². The van der Waals surface area contributed by atoms with Crippen LogP contribution in [-0.2, 0) is 24.2 Å². The standard InChI is InChI=1S/C22H25N3O2S/c1-2-17-8-10-19(11-9-17)23-22-24-20(16-28-22)14-21(27)25(12-13-26)15-18-6-4-3-5-7-18/h3-11,16,26H,2,12-15H2,1H3,(H,23,24). The highest BCUT2D eigenvalue weighted by atomic mass is 32.1. The number of hydrogen-bond donors (Lipinski definition) is 2. The molecule has 28 heavy (non-hydrogen) atoms. The van der Waals surface area contributed by atoms with Gasteiger partial charge in [0.25, 0.3) is 0 Å². The van der Waals surface area contributed by atoms with Crippen LogP contribution < -0.4 is 5.32 Å². The normalized spacial score (nSPS) is 10.6. The van der Waals surface area contributed by atoms with Crippen LogP contribution in [0.25, 0.3) is 0 Å². The predicted octanol–water partition coefficient (Wildman–Crippen LogP) is 4.01. The molecule has 2 N–H and O–H groups in total. The first-order chi connectivity index (χ1) is 13.7. The summed E-state index contributed by atoms with van der Waals surface area (Å²) in [5.74, 6) is -0.0398. The summed E-state index contributed by atoms with van der Waals surface area (Å²) in [5.41, 5.74) is 4.05. The molecule has 1 heterocycles. The van der Waals surface area contributed by atoms with Crippen LogP contribution in [0.2, 0.25) is 0 Å². The molecule has 1 amide bonds. The second-order valence-electron chi connectivity index (χ2n) is 6.52. The molecule has 0 radical (unpaired) electrons. The average molecular weight is 396 g/mol. The van der Waals surface area contributed by atoms with E-state index in [1.54, 1.807) is 4.90 Å². The van der Waals surface area contributed by atoms with Gasteiger partial charge in [0.1, 0.15) is 0 Å². The number of nitrogens with one attached hydrogen (secondary N) is 1. The maximum absolute atomic E-state index is 12.7. The fraction of sp³-hybridized carbons (Fsp3) is 0.273. The van der Waals surface area contributed by atoms with E-state index in [1.807, 2.05) is 47.8 Å². The number of aryl methyl sites for hydroxylation is 1. The van der Waals surface area contributed by atoms with E-state index in [2.05, 4.69) is 29.4 Å². The van der Waals surface area contributed by atoms with Crippen LogP contribution in [0.15, 0.2) is 60.0 Å². The Hall–Kier alpha value is -2.70. The van der Waals surface area contributed by atoms with E-state index in [-0.39, 0.29) is 18.9 Å². The molecule has 0 spiro atoms. The maximum Gasteiger partial charge on any atom is 0.229 e. The van der Waals surface area contributed by atoms with Crippen molar-refractivity contribution in [1.29, 1.82) is 0 Å². The first-order valence-electron chi connectivity index (χ1n) is 9.41. The van der Waals surface area contributed by atoms with Gasteiger partial charge in [-0.25, -0.2) is 4.98 Å². The number of amides is 1. The zero-order valence-electron chi connectivity index (χ0n) is 16.0. The van der Waals surface area contributed by atoms with Crippen LogP contribution in [-0.4, -0.2) is 34.0 Å². The number of nitrogens with zero attached hydrogens (tertiary/aromatic N) is 2. The van der Waals surface area contributed by atoms with Crippen molar-refractivity contribution in [2.75, 3.05) is 18.5 Å². The third-order valence-electron chi connectivity index (χ3n) is 4.44. The highest BCUT2D eigenvalue weighted by Crippen LogP contribution is 2.22. The maximum atomic E-state index is 12.7. The van der Waals surface area contributed by atoms with Crippen LogP contribution in [0.4, 0.5) is 10.8 Å². The molecule has 5 nitrogen and oxygen atoms in total. The van der Waals surface area contributed by atoms with Gasteiger partial charge in [0.2, 0.25) is 5.91 Å². The van der Waals surface area contributed by atoms with Crippen molar-refractivity contribution in [3.63, 3.8) is 0 Å². The quantitative estimate of drug-likeness (QED) is 0.574. The van der Waals surface area contributed by atoms with E-state index in [4.69, 9.17) is 0 Å². The van der Waals surface area contributed by atoms with E-state index in [9.17, 15) is 9.90 Å². The molecule has 3 rings (SSSR count). The minimum Gasteiger partial charge on any atom is -0.395 e. The zero-order valence-corrected chi connectivity index (χ0v) is 16.8. The fourth-order valence-electron chi connectivity index (χ4n) is 2.88. The van der Waals surface area contributed by atoms with Crippen molar-refractivity contribution in [2.24, 2.45) is 0 Å². The fourth-order valence-corrected chi connectivity index (χ4v) is 3.61. The van der Waals surface area contributed by atoms with Crippen LogP contribution >= 0.6 is 11.3 Å². The van der Waals surface area contributed by atoms with Gasteiger partial charge in [-0.2, -0.15) is 0 Å². The molecule has 0 saturated carbocycles. The highest BCUT2D eigenvalue weighted by molar-refractivity contribution is 7.13. The molecule has 0 aliphatic rings. The smallest absolute Gasteiger partial charge is 0.229 e. The van der Waals surface area contributed by atoms with Crippen LogP contribution in [0.3, 0.4) is 0 Å². The Kier molecular flexibility index (Phi) is 7.17. The van der Waals surface area contributed by atoms with Crippen molar-refractivity contribution in [1.82, 2.24) is 9.88 Å². The summed E-state index contributed by atoms with van der Waals surface area (Å²) in [6, 6.07) is 18.1. The molecule has 0 atom stereocenters. The highest BCUT2D eigenvalue weighted by Gasteiger charge is 2.16. The van der Waals surface area contributed by atoms with E-state index in [0.29, 0.717) is 13.1 Å². The second kappa shape index (κ2) is 10.0. The summed E-state index contributed by atoms with van der Waals surface area (Å²) in [4.78, 5) is 18.9. The number of anilines is 2. The Morgan fingerprint density at radius 1 is 1.11 bits per heavy atom. The van der Waals surface area contributed by atoms with Crippen LogP contribution in [0.5, 0.6) is 0 Å². The van der Waals surface area contributed by atoms with Gasteiger partial charge < -0.3 is 15.3 Å². The lowest BCUT2D eigenvalue weighted by Gasteiger charge is -2.21. The topological polar surface area (TPSA) is 65.5 Å². The van der Waals surface area contributed by atoms with Gasteiger partial charge in [-0.15, -0.1) is 11.3 Å². The molecule has 2 aromatic carbocycles. The summed E-state index contributed by atoms with van der Waals surface area (Å²) in [7, 11) is 0. The van der Waals surface area contributed by atoms with E-state index < -0.39 is 0 Å². The largest absolute Gasteiger partial charge is 0.395 e. The lowest BCUT2D eigenvalue weighted by molar-refractivity contribution is -0.131. The average Bonchev–Trinajstić information content (AvgIpc) is 3.15. The molecule has 0 bridgehead atoms. The van der Waals surface area contributed by atoms with Crippen molar-refractivity contribution in [2.45, 2.75) is 26.3 Å². The first kappa shape index (κ1) is 20.0. The number of aliphatic hydroxyl groups is 1. The Morgan fingerprint density at radius 2 is 1.86 bits per heavy atom. The monoisotopic (exact) mass is 395 g/mol. The number of rotatable bonds is 9. The van der Waals surface area contributed by atoms with Gasteiger partial charge in [0.05, 0.1) is 18.7 Å². The summed E-state index contributed by atoms with van der Waals surface area (Å²) >= 11 is 1.48. The number of carbonyl (C=O) groups is 1. The molecule has 6 heteroatoms. The molecule has 0 aliphatic carbocycles. The van der Waals surface area contributed by atoms with Crippen LogP contribution in [0.1, 0.15) is 23.7 Å². The summed E-state index contributed by atoms with van der Waals surface area (Å²) in [5, 5.41) is 15.3. The lowest BCUT2D eigenvalue weighted by atomic mass is 10.1. The molecular formula is C22H25N3O2S. The van der Waals surface area contributed by atoms with Gasteiger partial charge in [0, 0.05) is 24.2 Å². The molecule has 1 aromatic heterocycles. The third kappa shape index (κ3) is 5.65. The second-order valence-corrected chi connectivity index (χ2v) is 7.38. The molecular weight excluding hydrogens is 370 g/mol. The third-order valence-corrected chi connectivity index (χ3v) is 5.24. The summed E-state index contributed by atoms with van der Waals surface area (Å²) in [6.45, 7) is 2.87. The van der Waals surface area contributed by atoms with Gasteiger partial charge in [-0.1, -0.05) is 49.4 Å². The molecule has 0 saturated heterocycles. The minimum absolute atomic E-state index is 0.0398. The van der Waals surface area contributed by atoms with Crippen molar-refractivity contribution < 1.29 is 9.90 Å². The number of aliphatic hydroxyl groups excluding tert-OH is 1. The SMILES string of the molecule is CCc1ccc(Nc2nc(CC(=O)N(CCO)Cc3ccccc3)cs2)cc1.